The summed E-state index contributed by atoms with van der Waals surface area (Å²) >= 11 is 0. The Morgan fingerprint density at radius 3 is 2.64 bits per heavy atom. The van der Waals surface area contributed by atoms with Crippen molar-refractivity contribution in [1.29, 1.82) is 0 Å². The third-order valence-corrected chi connectivity index (χ3v) is 12.6. The summed E-state index contributed by atoms with van der Waals surface area (Å²) in [5.41, 5.74) is 3.95. The second-order valence-electron chi connectivity index (χ2n) is 16.6. The van der Waals surface area contributed by atoms with E-state index in [1.54, 1.807) is 27.9 Å². The van der Waals surface area contributed by atoms with Crippen LogP contribution in [0, 0.1) is 5.92 Å². The summed E-state index contributed by atoms with van der Waals surface area (Å²) in [5, 5.41) is 27.3. The molecular formula is C42H46N10O6. The Morgan fingerprint density at radius 2 is 1.84 bits per heavy atom. The number of likely N-dealkylation sites (tertiary alicyclic amines) is 1. The Labute approximate surface area is 334 Å². The SMILES string of the molecule is O=C1CCC(N2Cc3cc(N4CCC(O)(CN5CCC(n6cc7cc(NC(=O)c8cnn9cccnc89)c(OCC8CC8)cc7n6)CC5)CC4)ccc3C2=O)C(=O)N1. The van der Waals surface area contributed by atoms with Gasteiger partial charge in [-0.25, -0.2) is 9.50 Å². The number of amides is 4. The van der Waals surface area contributed by atoms with E-state index in [-0.39, 0.29) is 30.2 Å². The molecule has 3 N–H and O–H groups in total. The highest BCUT2D eigenvalue weighted by atomic mass is 16.5. The maximum atomic E-state index is 13.4. The van der Waals surface area contributed by atoms with Gasteiger partial charge in [0, 0.05) is 87.0 Å². The molecule has 0 bridgehead atoms. The molecule has 2 aromatic carbocycles. The van der Waals surface area contributed by atoms with Crippen LogP contribution in [-0.4, -0.2) is 114 Å². The monoisotopic (exact) mass is 786 g/mol. The smallest absolute Gasteiger partial charge is 0.261 e. The number of anilines is 2. The van der Waals surface area contributed by atoms with Gasteiger partial charge in [-0.2, -0.15) is 10.2 Å². The summed E-state index contributed by atoms with van der Waals surface area (Å²) in [7, 11) is 0. The normalized spacial score (nSPS) is 21.5. The van der Waals surface area contributed by atoms with Crippen molar-refractivity contribution in [2.45, 2.75) is 75.6 Å². The third-order valence-electron chi connectivity index (χ3n) is 12.6. The standard InChI is InChI=1S/C42H46N10O6/c53-37-7-6-35(40(55)46-37)50-22-27-18-30(4-5-31(27)41(50)56)49-16-10-42(57,11-17-49)25-48-14-8-29(9-15-48)52-23-28-19-34(36(20-33(28)47-52)58-24-26-2-3-26)45-39(54)32-21-44-51-13-1-12-43-38(32)51/h1,4-5,12-13,18-21,23,26,29,35,57H,2-3,6-11,14-17,22,24-25H2,(H,45,54)(H,46,53,55). The van der Waals surface area contributed by atoms with Gasteiger partial charge in [-0.05, 0) is 86.8 Å². The number of hydrogen-bond acceptors (Lipinski definition) is 11. The fraction of sp³-hybridized carbons (Fsp3) is 0.452. The van der Waals surface area contributed by atoms with Crippen molar-refractivity contribution in [2.75, 3.05) is 49.5 Å². The number of piperidine rings is 3. The summed E-state index contributed by atoms with van der Waals surface area (Å²) < 4.78 is 9.87. The number of ether oxygens (including phenoxy) is 1. The zero-order valence-electron chi connectivity index (χ0n) is 32.2. The van der Waals surface area contributed by atoms with Crippen molar-refractivity contribution in [3.63, 3.8) is 0 Å². The number of aromatic nitrogens is 5. The number of imide groups is 1. The van der Waals surface area contributed by atoms with Crippen molar-refractivity contribution in [2.24, 2.45) is 5.92 Å². The van der Waals surface area contributed by atoms with Crippen LogP contribution >= 0.6 is 0 Å². The number of rotatable bonds is 10. The van der Waals surface area contributed by atoms with Gasteiger partial charge in [-0.15, -0.1) is 0 Å². The Hall–Kier alpha value is -5.87. The van der Waals surface area contributed by atoms with E-state index in [2.05, 4.69) is 41.4 Å². The molecule has 3 saturated heterocycles. The second-order valence-corrected chi connectivity index (χ2v) is 16.6. The molecule has 3 aromatic heterocycles. The molecule has 1 atom stereocenters. The molecule has 1 unspecified atom stereocenters. The maximum Gasteiger partial charge on any atom is 0.261 e. The van der Waals surface area contributed by atoms with E-state index in [4.69, 9.17) is 9.84 Å². The van der Waals surface area contributed by atoms with Crippen molar-refractivity contribution in [1.82, 2.24) is 39.5 Å². The minimum atomic E-state index is -0.795. The van der Waals surface area contributed by atoms with Gasteiger partial charge in [-0.3, -0.25) is 29.2 Å². The molecular weight excluding hydrogens is 741 g/mol. The Kier molecular flexibility index (Phi) is 9.12. The number of aliphatic hydroxyl groups is 1. The highest BCUT2D eigenvalue weighted by Gasteiger charge is 2.40. The molecule has 0 radical (unpaired) electrons. The van der Waals surface area contributed by atoms with Crippen molar-refractivity contribution in [3.05, 3.63) is 77.9 Å². The lowest BCUT2D eigenvalue weighted by atomic mass is 9.89. The van der Waals surface area contributed by atoms with E-state index in [0.29, 0.717) is 86.2 Å². The fourth-order valence-electron chi connectivity index (χ4n) is 9.00. The topological polar surface area (TPSA) is 180 Å². The predicted octanol–water partition coefficient (Wildman–Crippen LogP) is 3.55. The van der Waals surface area contributed by atoms with Gasteiger partial charge in [0.2, 0.25) is 11.8 Å². The molecule has 0 spiro atoms. The van der Waals surface area contributed by atoms with Crippen LogP contribution in [0.1, 0.15) is 83.7 Å². The molecule has 300 valence electrons. The lowest BCUT2D eigenvalue weighted by Crippen LogP contribution is -2.52. The molecule has 5 aromatic rings. The van der Waals surface area contributed by atoms with Crippen LogP contribution in [0.5, 0.6) is 5.75 Å². The van der Waals surface area contributed by atoms with Gasteiger partial charge in [0.1, 0.15) is 17.4 Å². The van der Waals surface area contributed by atoms with Crippen LogP contribution in [0.4, 0.5) is 11.4 Å². The van der Waals surface area contributed by atoms with Crippen LogP contribution in [0.15, 0.2) is 61.2 Å². The Balaban J connectivity index is 0.754. The van der Waals surface area contributed by atoms with Crippen LogP contribution < -0.4 is 20.3 Å². The van der Waals surface area contributed by atoms with E-state index in [1.807, 2.05) is 30.3 Å². The van der Waals surface area contributed by atoms with Gasteiger partial charge in [0.25, 0.3) is 11.8 Å². The van der Waals surface area contributed by atoms with E-state index in [0.717, 1.165) is 60.9 Å². The molecule has 5 aliphatic rings. The van der Waals surface area contributed by atoms with Gasteiger partial charge in [0.15, 0.2) is 5.65 Å². The predicted molar refractivity (Wildman–Crippen MR) is 212 cm³/mol. The first-order valence-corrected chi connectivity index (χ1v) is 20.4. The minimum Gasteiger partial charge on any atom is -0.491 e. The molecule has 4 aliphatic heterocycles. The van der Waals surface area contributed by atoms with Crippen LogP contribution in [0.3, 0.4) is 0 Å². The summed E-state index contributed by atoms with van der Waals surface area (Å²) in [5.74, 6) is -0.0565. The van der Waals surface area contributed by atoms with Crippen LogP contribution in [-0.2, 0) is 16.1 Å². The van der Waals surface area contributed by atoms with Crippen LogP contribution in [0.2, 0.25) is 0 Å². The number of nitrogens with one attached hydrogen (secondary N) is 2. The zero-order valence-corrected chi connectivity index (χ0v) is 32.2. The molecule has 58 heavy (non-hydrogen) atoms. The van der Waals surface area contributed by atoms with Crippen molar-refractivity contribution < 1.29 is 29.0 Å². The summed E-state index contributed by atoms with van der Waals surface area (Å²) in [6.45, 7) is 4.64. The average molecular weight is 787 g/mol. The average Bonchev–Trinajstić information content (AvgIpc) is 3.65. The van der Waals surface area contributed by atoms with Gasteiger partial charge >= 0.3 is 0 Å². The molecule has 4 amide bonds. The number of benzene rings is 2. The molecule has 1 saturated carbocycles. The summed E-state index contributed by atoms with van der Waals surface area (Å²) in [4.78, 5) is 61.3. The first-order valence-electron chi connectivity index (χ1n) is 20.4. The van der Waals surface area contributed by atoms with Gasteiger partial charge < -0.3 is 29.9 Å². The second kappa shape index (κ2) is 14.5. The fourth-order valence-corrected chi connectivity index (χ4v) is 9.00. The first-order chi connectivity index (χ1) is 28.2. The molecule has 7 heterocycles. The first kappa shape index (κ1) is 36.5. The summed E-state index contributed by atoms with van der Waals surface area (Å²) in [6, 6.07) is 11.0. The van der Waals surface area contributed by atoms with Gasteiger partial charge in [0.05, 0.1) is 35.7 Å². The molecule has 16 nitrogen and oxygen atoms in total. The molecule has 4 fully saturated rings. The van der Waals surface area contributed by atoms with Crippen molar-refractivity contribution in [3.8, 4) is 5.75 Å². The number of nitrogens with zero attached hydrogens (tertiary/aromatic N) is 8. The largest absolute Gasteiger partial charge is 0.491 e. The maximum absolute atomic E-state index is 13.4. The number of carbonyl (C=O) groups excluding carboxylic acids is 4. The van der Waals surface area contributed by atoms with Gasteiger partial charge in [-0.1, -0.05) is 0 Å². The number of carbonyl (C=O) groups is 4. The van der Waals surface area contributed by atoms with E-state index < -0.39 is 17.6 Å². The van der Waals surface area contributed by atoms with Crippen molar-refractivity contribution >= 4 is 51.6 Å². The summed E-state index contributed by atoms with van der Waals surface area (Å²) in [6.07, 6.45) is 12.9. The Bertz CT molecular complexity index is 2440. The lowest BCUT2D eigenvalue weighted by molar-refractivity contribution is -0.136. The minimum absolute atomic E-state index is 0.176. The molecule has 16 heteroatoms. The molecule has 1 aliphatic carbocycles. The quantitative estimate of drug-likeness (QED) is 0.176. The zero-order chi connectivity index (χ0) is 39.5. The Morgan fingerprint density at radius 1 is 1.02 bits per heavy atom. The highest BCUT2D eigenvalue weighted by molar-refractivity contribution is 6.09. The number of hydrogen-bond donors (Lipinski definition) is 3. The van der Waals surface area contributed by atoms with E-state index in [1.165, 1.54) is 6.20 Å². The lowest BCUT2D eigenvalue weighted by Gasteiger charge is -2.43. The van der Waals surface area contributed by atoms with E-state index in [9.17, 15) is 24.3 Å². The van der Waals surface area contributed by atoms with Crippen LogP contribution in [0.25, 0.3) is 16.6 Å². The number of fused-ring (bicyclic) bond motifs is 3. The van der Waals surface area contributed by atoms with E-state index >= 15 is 0 Å². The number of β-amino-alcohol motifs (C(OH)–C–C–N with tert-alkyl or cyclic N) is 1. The third kappa shape index (κ3) is 7.04. The highest BCUT2D eigenvalue weighted by Crippen LogP contribution is 2.37. The molecule has 10 rings (SSSR count).